The summed E-state index contributed by atoms with van der Waals surface area (Å²) in [6.07, 6.45) is 5.38. The molecule has 1 amide bonds. The number of thiophene rings is 1. The molecule has 0 spiro atoms. The minimum atomic E-state index is -0.609. The predicted octanol–water partition coefficient (Wildman–Crippen LogP) is 0.837. The number of amides is 1. The van der Waals surface area contributed by atoms with Gasteiger partial charge in [-0.05, 0) is 28.8 Å². The number of aliphatic hydroxyl groups is 1. The second kappa shape index (κ2) is 6.85. The van der Waals surface area contributed by atoms with Gasteiger partial charge in [0.2, 0.25) is 5.91 Å². The third-order valence-electron chi connectivity index (χ3n) is 3.75. The number of piperidine rings is 1. The van der Waals surface area contributed by atoms with E-state index in [1.54, 1.807) is 29.9 Å². The smallest absolute Gasteiger partial charge is 0.224 e. The van der Waals surface area contributed by atoms with Gasteiger partial charge in [0.05, 0.1) is 24.8 Å². The highest BCUT2D eigenvalue weighted by Gasteiger charge is 2.29. The molecule has 1 aliphatic heterocycles. The first-order chi connectivity index (χ1) is 10.7. The Bertz CT molecular complexity index is 605. The second-order valence-electron chi connectivity index (χ2n) is 5.35. The van der Waals surface area contributed by atoms with Crippen LogP contribution in [-0.2, 0) is 11.2 Å². The van der Waals surface area contributed by atoms with Crippen molar-refractivity contribution in [3.05, 3.63) is 41.0 Å². The third-order valence-corrected chi connectivity index (χ3v) is 4.48. The van der Waals surface area contributed by atoms with Crippen LogP contribution < -0.4 is 10.2 Å². The Balaban J connectivity index is 1.53. The molecule has 2 N–H and O–H groups in total. The third kappa shape index (κ3) is 3.61. The molecule has 7 heteroatoms. The first-order valence-corrected chi connectivity index (χ1v) is 8.16. The van der Waals surface area contributed by atoms with Crippen molar-refractivity contribution in [2.45, 2.75) is 25.0 Å². The lowest BCUT2D eigenvalue weighted by atomic mass is 10.0. The number of anilines is 1. The van der Waals surface area contributed by atoms with Crippen molar-refractivity contribution >= 4 is 23.1 Å². The zero-order chi connectivity index (χ0) is 15.4. The van der Waals surface area contributed by atoms with Gasteiger partial charge in [-0.3, -0.25) is 9.78 Å². The Kier molecular flexibility index (Phi) is 4.65. The maximum absolute atomic E-state index is 12.0. The molecule has 0 bridgehead atoms. The van der Waals surface area contributed by atoms with Crippen molar-refractivity contribution < 1.29 is 9.90 Å². The Morgan fingerprint density at radius 2 is 2.41 bits per heavy atom. The maximum Gasteiger partial charge on any atom is 0.224 e. The summed E-state index contributed by atoms with van der Waals surface area (Å²) in [6, 6.07) is 1.73. The van der Waals surface area contributed by atoms with Crippen LogP contribution in [0.4, 0.5) is 5.82 Å². The van der Waals surface area contributed by atoms with Gasteiger partial charge in [0.15, 0.2) is 0 Å². The minimum Gasteiger partial charge on any atom is -0.389 e. The maximum atomic E-state index is 12.0. The molecule has 1 saturated heterocycles. The van der Waals surface area contributed by atoms with Gasteiger partial charge in [0.25, 0.3) is 0 Å². The fourth-order valence-corrected chi connectivity index (χ4v) is 3.27. The van der Waals surface area contributed by atoms with Crippen molar-refractivity contribution in [1.82, 2.24) is 15.3 Å². The number of carbonyl (C=O) groups is 1. The fraction of sp³-hybridized carbons (Fsp3) is 0.400. The molecule has 0 saturated carbocycles. The summed E-state index contributed by atoms with van der Waals surface area (Å²) in [5.74, 6) is 0.708. The quantitative estimate of drug-likeness (QED) is 0.873. The lowest BCUT2D eigenvalue weighted by Crippen LogP contribution is -2.54. The van der Waals surface area contributed by atoms with Gasteiger partial charge in [0, 0.05) is 25.5 Å². The van der Waals surface area contributed by atoms with Crippen LogP contribution >= 0.6 is 11.3 Å². The van der Waals surface area contributed by atoms with Crippen LogP contribution in [0.2, 0.25) is 0 Å². The SMILES string of the molecule is O=C(Cc1ccsc1)N[C@@H]1CCN(c2cnccn2)C[C@H]1O. The van der Waals surface area contributed by atoms with Gasteiger partial charge in [-0.25, -0.2) is 4.98 Å². The molecule has 0 radical (unpaired) electrons. The molecule has 2 aromatic heterocycles. The van der Waals surface area contributed by atoms with Crippen molar-refractivity contribution in [3.8, 4) is 0 Å². The Hall–Kier alpha value is -1.99. The van der Waals surface area contributed by atoms with Gasteiger partial charge in [0.1, 0.15) is 5.82 Å². The molecule has 3 heterocycles. The molecule has 2 aromatic rings. The van der Waals surface area contributed by atoms with E-state index in [1.165, 1.54) is 0 Å². The number of rotatable bonds is 4. The summed E-state index contributed by atoms with van der Waals surface area (Å²) in [7, 11) is 0. The summed E-state index contributed by atoms with van der Waals surface area (Å²) in [4.78, 5) is 22.3. The van der Waals surface area contributed by atoms with E-state index in [1.807, 2.05) is 21.7 Å². The number of aliphatic hydroxyl groups excluding tert-OH is 1. The van der Waals surface area contributed by atoms with Gasteiger partial charge in [-0.15, -0.1) is 0 Å². The van der Waals surface area contributed by atoms with E-state index in [4.69, 9.17) is 0 Å². The standard InChI is InChI=1S/C15H18N4O2S/c20-13-9-19(14-8-16-3-4-17-14)5-1-12(13)18-15(21)7-11-2-6-22-10-11/h2-4,6,8,10,12-13,20H,1,5,7,9H2,(H,18,21)/t12-,13-/m1/s1. The minimum absolute atomic E-state index is 0.0459. The largest absolute Gasteiger partial charge is 0.389 e. The highest BCUT2D eigenvalue weighted by atomic mass is 32.1. The highest BCUT2D eigenvalue weighted by Crippen LogP contribution is 2.17. The zero-order valence-electron chi connectivity index (χ0n) is 12.1. The normalized spacial score (nSPS) is 21.6. The molecule has 2 atom stereocenters. The fourth-order valence-electron chi connectivity index (χ4n) is 2.60. The highest BCUT2D eigenvalue weighted by molar-refractivity contribution is 7.07. The molecule has 0 aromatic carbocycles. The van der Waals surface area contributed by atoms with Crippen LogP contribution in [0.3, 0.4) is 0 Å². The van der Waals surface area contributed by atoms with Crippen LogP contribution in [-0.4, -0.2) is 46.2 Å². The molecule has 3 rings (SSSR count). The molecule has 1 aliphatic rings. The van der Waals surface area contributed by atoms with E-state index in [2.05, 4.69) is 15.3 Å². The van der Waals surface area contributed by atoms with Gasteiger partial charge in [-0.2, -0.15) is 11.3 Å². The monoisotopic (exact) mass is 318 g/mol. The number of aromatic nitrogens is 2. The first kappa shape index (κ1) is 14.9. The molecule has 0 aliphatic carbocycles. The lowest BCUT2D eigenvalue weighted by molar-refractivity contribution is -0.122. The number of nitrogens with one attached hydrogen (secondary N) is 1. The molecule has 0 unspecified atom stereocenters. The van der Waals surface area contributed by atoms with Crippen molar-refractivity contribution in [3.63, 3.8) is 0 Å². The van der Waals surface area contributed by atoms with E-state index < -0.39 is 6.10 Å². The molecule has 116 valence electrons. The predicted molar refractivity (Wildman–Crippen MR) is 84.8 cm³/mol. The lowest BCUT2D eigenvalue weighted by Gasteiger charge is -2.36. The van der Waals surface area contributed by atoms with E-state index in [0.29, 0.717) is 19.4 Å². The van der Waals surface area contributed by atoms with Crippen LogP contribution in [0.1, 0.15) is 12.0 Å². The average molecular weight is 318 g/mol. The van der Waals surface area contributed by atoms with Gasteiger partial charge < -0.3 is 15.3 Å². The summed E-state index contributed by atoms with van der Waals surface area (Å²) < 4.78 is 0. The average Bonchev–Trinajstić information content (AvgIpc) is 3.03. The van der Waals surface area contributed by atoms with Crippen LogP contribution in [0.25, 0.3) is 0 Å². The number of hydrogen-bond donors (Lipinski definition) is 2. The number of β-amino-alcohol motifs (C(OH)–C–C–N with tert-alkyl or cyclic N) is 1. The van der Waals surface area contributed by atoms with Crippen LogP contribution in [0, 0.1) is 0 Å². The van der Waals surface area contributed by atoms with Crippen molar-refractivity contribution in [1.29, 1.82) is 0 Å². The summed E-state index contributed by atoms with van der Waals surface area (Å²) in [5, 5.41) is 17.1. The van der Waals surface area contributed by atoms with Gasteiger partial charge in [-0.1, -0.05) is 0 Å². The summed E-state index contributed by atoms with van der Waals surface area (Å²) >= 11 is 1.58. The second-order valence-corrected chi connectivity index (χ2v) is 6.13. The van der Waals surface area contributed by atoms with Crippen LogP contribution in [0.15, 0.2) is 35.4 Å². The Labute approximate surface area is 132 Å². The number of carbonyl (C=O) groups excluding carboxylic acids is 1. The number of hydrogen-bond acceptors (Lipinski definition) is 6. The Morgan fingerprint density at radius 1 is 1.50 bits per heavy atom. The zero-order valence-corrected chi connectivity index (χ0v) is 12.9. The van der Waals surface area contributed by atoms with Gasteiger partial charge >= 0.3 is 0 Å². The Morgan fingerprint density at radius 3 is 3.09 bits per heavy atom. The van der Waals surface area contributed by atoms with Crippen molar-refractivity contribution in [2.24, 2.45) is 0 Å². The number of nitrogens with zero attached hydrogens (tertiary/aromatic N) is 3. The van der Waals surface area contributed by atoms with Crippen molar-refractivity contribution in [2.75, 3.05) is 18.0 Å². The topological polar surface area (TPSA) is 78.4 Å². The van der Waals surface area contributed by atoms with E-state index in [0.717, 1.165) is 17.9 Å². The summed E-state index contributed by atoms with van der Waals surface area (Å²) in [5.41, 5.74) is 1.01. The first-order valence-electron chi connectivity index (χ1n) is 7.22. The molecular weight excluding hydrogens is 300 g/mol. The summed E-state index contributed by atoms with van der Waals surface area (Å²) in [6.45, 7) is 1.18. The van der Waals surface area contributed by atoms with Crippen LogP contribution in [0.5, 0.6) is 0 Å². The molecular formula is C15H18N4O2S. The molecule has 22 heavy (non-hydrogen) atoms. The molecule has 1 fully saturated rings. The molecule has 6 nitrogen and oxygen atoms in total. The van der Waals surface area contributed by atoms with E-state index >= 15 is 0 Å². The van der Waals surface area contributed by atoms with E-state index in [9.17, 15) is 9.90 Å². The van der Waals surface area contributed by atoms with E-state index in [-0.39, 0.29) is 11.9 Å².